The molecule has 0 amide bonds. The molecule has 0 spiro atoms. The summed E-state index contributed by atoms with van der Waals surface area (Å²) in [5, 5.41) is 9.66. The molecule has 17 heavy (non-hydrogen) atoms. The van der Waals surface area contributed by atoms with Crippen LogP contribution in [0, 0.1) is 6.92 Å². The zero-order valence-electron chi connectivity index (χ0n) is 9.95. The molecule has 0 unspecified atom stereocenters. The normalized spacial score (nSPS) is 10.9. The number of aryl methyl sites for hydroxylation is 2. The summed E-state index contributed by atoms with van der Waals surface area (Å²) in [6.07, 6.45) is 3.53. The Hall–Kier alpha value is -1.91. The van der Waals surface area contributed by atoms with Crippen molar-refractivity contribution >= 4 is 17.0 Å². The number of aromatic amines is 1. The number of rotatable bonds is 4. The summed E-state index contributed by atoms with van der Waals surface area (Å²) in [6, 6.07) is 0. The molecule has 2 aromatic rings. The lowest BCUT2D eigenvalue weighted by Crippen LogP contribution is -2.01. The van der Waals surface area contributed by atoms with Crippen molar-refractivity contribution in [2.75, 3.05) is 0 Å². The third kappa shape index (κ3) is 2.27. The van der Waals surface area contributed by atoms with Crippen molar-refractivity contribution in [3.8, 4) is 0 Å². The van der Waals surface area contributed by atoms with Gasteiger partial charge < -0.3 is 10.1 Å². The van der Waals surface area contributed by atoms with Gasteiger partial charge in [-0.2, -0.15) is 0 Å². The van der Waals surface area contributed by atoms with Crippen molar-refractivity contribution < 1.29 is 9.90 Å². The number of carbonyl (C=O) groups is 1. The Balaban J connectivity index is 2.50. The van der Waals surface area contributed by atoms with E-state index in [2.05, 4.69) is 21.9 Å². The van der Waals surface area contributed by atoms with Crippen LogP contribution in [0.2, 0.25) is 0 Å². The van der Waals surface area contributed by atoms with E-state index in [-0.39, 0.29) is 6.42 Å². The van der Waals surface area contributed by atoms with Crippen LogP contribution < -0.4 is 0 Å². The van der Waals surface area contributed by atoms with E-state index in [4.69, 9.17) is 5.11 Å². The van der Waals surface area contributed by atoms with Crippen molar-refractivity contribution in [2.45, 2.75) is 33.1 Å². The maximum Gasteiger partial charge on any atom is 0.307 e. The van der Waals surface area contributed by atoms with E-state index in [1.54, 1.807) is 6.20 Å². The summed E-state index contributed by atoms with van der Waals surface area (Å²) in [4.78, 5) is 22.6. The molecule has 0 radical (unpaired) electrons. The lowest BCUT2D eigenvalue weighted by molar-refractivity contribution is -0.136. The summed E-state index contributed by atoms with van der Waals surface area (Å²) < 4.78 is 0. The van der Waals surface area contributed by atoms with Crippen LogP contribution in [0.1, 0.15) is 30.4 Å². The molecule has 5 nitrogen and oxygen atoms in total. The number of hydrogen-bond acceptors (Lipinski definition) is 3. The second-order valence-corrected chi connectivity index (χ2v) is 4.08. The zero-order chi connectivity index (χ0) is 12.4. The first-order chi connectivity index (χ1) is 8.11. The second-order valence-electron chi connectivity index (χ2n) is 4.08. The highest BCUT2D eigenvalue weighted by Crippen LogP contribution is 2.20. The van der Waals surface area contributed by atoms with Crippen LogP contribution in [0.25, 0.3) is 11.0 Å². The number of aliphatic carboxylic acids is 1. The van der Waals surface area contributed by atoms with E-state index in [1.807, 2.05) is 6.92 Å². The summed E-state index contributed by atoms with van der Waals surface area (Å²) in [6.45, 7) is 3.97. The van der Waals surface area contributed by atoms with Gasteiger partial charge >= 0.3 is 5.97 Å². The van der Waals surface area contributed by atoms with Crippen LogP contribution >= 0.6 is 0 Å². The Morgan fingerprint density at radius 3 is 2.88 bits per heavy atom. The molecule has 90 valence electrons. The molecule has 5 heteroatoms. The Bertz CT molecular complexity index is 560. The van der Waals surface area contributed by atoms with Gasteiger partial charge in [0.2, 0.25) is 0 Å². The Labute approximate surface area is 98.9 Å². The average Bonchev–Trinajstić information content (AvgIpc) is 2.61. The van der Waals surface area contributed by atoms with E-state index < -0.39 is 5.97 Å². The Kier molecular flexibility index (Phi) is 3.08. The largest absolute Gasteiger partial charge is 0.481 e. The summed E-state index contributed by atoms with van der Waals surface area (Å²) in [5.41, 5.74) is 2.32. The van der Waals surface area contributed by atoms with Crippen LogP contribution in [0.4, 0.5) is 0 Å². The van der Waals surface area contributed by atoms with Gasteiger partial charge in [-0.15, -0.1) is 0 Å². The molecule has 0 saturated carbocycles. The van der Waals surface area contributed by atoms with E-state index in [0.717, 1.165) is 41.0 Å². The molecule has 0 aliphatic rings. The van der Waals surface area contributed by atoms with Crippen LogP contribution in [-0.2, 0) is 17.6 Å². The number of fused-ring (bicyclic) bond motifs is 1. The summed E-state index contributed by atoms with van der Waals surface area (Å²) in [7, 11) is 0. The molecule has 0 saturated heterocycles. The maximum atomic E-state index is 10.7. The predicted octanol–water partition coefficient (Wildman–Crippen LogP) is 1.85. The summed E-state index contributed by atoms with van der Waals surface area (Å²) >= 11 is 0. The number of nitrogens with one attached hydrogen (secondary N) is 1. The first-order valence-electron chi connectivity index (χ1n) is 5.67. The first kappa shape index (κ1) is 11.6. The Morgan fingerprint density at radius 1 is 1.47 bits per heavy atom. The number of carboxylic acid groups (broad SMARTS) is 1. The van der Waals surface area contributed by atoms with Gasteiger partial charge in [-0.25, -0.2) is 9.97 Å². The van der Waals surface area contributed by atoms with Crippen LogP contribution in [-0.4, -0.2) is 26.0 Å². The fourth-order valence-electron chi connectivity index (χ4n) is 1.99. The van der Waals surface area contributed by atoms with Gasteiger partial charge in [0.15, 0.2) is 0 Å². The van der Waals surface area contributed by atoms with E-state index >= 15 is 0 Å². The number of nitrogens with zero attached hydrogens (tertiary/aromatic N) is 2. The van der Waals surface area contributed by atoms with E-state index in [1.165, 1.54) is 0 Å². The smallest absolute Gasteiger partial charge is 0.307 e. The van der Waals surface area contributed by atoms with Gasteiger partial charge in [-0.05, 0) is 18.9 Å². The molecular formula is C12H15N3O2. The minimum absolute atomic E-state index is 0.00265. The number of aromatic nitrogens is 3. The molecule has 2 heterocycles. The fraction of sp³-hybridized carbons (Fsp3) is 0.417. The van der Waals surface area contributed by atoms with Crippen LogP contribution in [0.15, 0.2) is 6.20 Å². The van der Waals surface area contributed by atoms with Crippen LogP contribution in [0.5, 0.6) is 0 Å². The zero-order valence-corrected chi connectivity index (χ0v) is 9.95. The van der Waals surface area contributed by atoms with Crippen molar-refractivity contribution in [3.63, 3.8) is 0 Å². The van der Waals surface area contributed by atoms with Gasteiger partial charge in [-0.3, -0.25) is 4.79 Å². The minimum atomic E-state index is -0.845. The molecule has 0 fully saturated rings. The lowest BCUT2D eigenvalue weighted by atomic mass is 10.1. The highest BCUT2D eigenvalue weighted by molar-refractivity contribution is 5.86. The first-order valence-corrected chi connectivity index (χ1v) is 5.67. The molecule has 0 bridgehead atoms. The van der Waals surface area contributed by atoms with Crippen molar-refractivity contribution in [2.24, 2.45) is 0 Å². The number of carboxylic acids is 1. The standard InChI is InChI=1S/C12H15N3O2/c1-3-4-9-14-7(2)11-8(5-10(16)17)6-13-12(11)15-9/h6H,3-5H2,1-2H3,(H,16,17)(H,13,14,15). The molecule has 2 aromatic heterocycles. The van der Waals surface area contributed by atoms with Gasteiger partial charge in [0, 0.05) is 18.0 Å². The highest BCUT2D eigenvalue weighted by Gasteiger charge is 2.12. The van der Waals surface area contributed by atoms with Gasteiger partial charge in [-0.1, -0.05) is 6.92 Å². The number of hydrogen-bond donors (Lipinski definition) is 2. The van der Waals surface area contributed by atoms with Crippen molar-refractivity contribution in [3.05, 3.63) is 23.3 Å². The molecule has 0 aliphatic heterocycles. The lowest BCUT2D eigenvalue weighted by Gasteiger charge is -2.02. The van der Waals surface area contributed by atoms with Gasteiger partial charge in [0.05, 0.1) is 12.1 Å². The monoisotopic (exact) mass is 233 g/mol. The van der Waals surface area contributed by atoms with Crippen LogP contribution in [0.3, 0.4) is 0 Å². The molecule has 2 rings (SSSR count). The van der Waals surface area contributed by atoms with E-state index in [0.29, 0.717) is 0 Å². The molecular weight excluding hydrogens is 218 g/mol. The highest BCUT2D eigenvalue weighted by atomic mass is 16.4. The van der Waals surface area contributed by atoms with Gasteiger partial charge in [0.1, 0.15) is 11.5 Å². The number of H-pyrrole nitrogens is 1. The third-order valence-electron chi connectivity index (χ3n) is 2.66. The topological polar surface area (TPSA) is 78.9 Å². The van der Waals surface area contributed by atoms with Crippen molar-refractivity contribution in [1.29, 1.82) is 0 Å². The Morgan fingerprint density at radius 2 is 2.24 bits per heavy atom. The molecule has 2 N–H and O–H groups in total. The molecule has 0 atom stereocenters. The van der Waals surface area contributed by atoms with E-state index in [9.17, 15) is 4.79 Å². The van der Waals surface area contributed by atoms with Gasteiger partial charge in [0.25, 0.3) is 0 Å². The molecule has 0 aliphatic carbocycles. The predicted molar refractivity (Wildman–Crippen MR) is 64.0 cm³/mol. The third-order valence-corrected chi connectivity index (χ3v) is 2.66. The quantitative estimate of drug-likeness (QED) is 0.844. The maximum absolute atomic E-state index is 10.7. The SMILES string of the molecule is CCCc1nc(C)c2c(CC(=O)O)c[nH]c2n1. The van der Waals surface area contributed by atoms with Crippen molar-refractivity contribution in [1.82, 2.24) is 15.0 Å². The minimum Gasteiger partial charge on any atom is -0.481 e. The molecule has 0 aromatic carbocycles. The second kappa shape index (κ2) is 4.53. The average molecular weight is 233 g/mol. The summed E-state index contributed by atoms with van der Waals surface area (Å²) in [5.74, 6) is -0.0378. The fourth-order valence-corrected chi connectivity index (χ4v) is 1.99.